The molecule has 0 spiro atoms. The number of hydrogen-bond donors (Lipinski definition) is 8. The van der Waals surface area contributed by atoms with Gasteiger partial charge in [-0.2, -0.15) is 0 Å². The minimum absolute atomic E-state index is 0.000740. The summed E-state index contributed by atoms with van der Waals surface area (Å²) in [6, 6.07) is -2.03. The van der Waals surface area contributed by atoms with E-state index in [-0.39, 0.29) is 18.6 Å². The van der Waals surface area contributed by atoms with Crippen molar-refractivity contribution in [2.45, 2.75) is 49.7 Å². The highest BCUT2D eigenvalue weighted by Crippen LogP contribution is 2.26. The summed E-state index contributed by atoms with van der Waals surface area (Å²) in [6.07, 6.45) is -2.50. The molecule has 13 heteroatoms. The standard InChI is InChI=1S/C16H23N7O6/c1-6(24)12-8(22-15(28)7(17)2-10(26)27)3-9(25)16(29-12)23-14-11-13(19-4-18-11)20-5-21-14/h4-5,7-10,12,16,24-27H,1-3,17H2,(H,22,28)(H2,18,19,20,21,23)/t7-,8-,9+,12+,16+/m1/s1. The molecular weight excluding hydrogens is 386 g/mol. The first kappa shape index (κ1) is 20.9. The molecule has 0 radical (unpaired) electrons. The molecule has 29 heavy (non-hydrogen) atoms. The van der Waals surface area contributed by atoms with E-state index in [4.69, 9.17) is 20.7 Å². The third-order valence-electron chi connectivity index (χ3n) is 4.46. The smallest absolute Gasteiger partial charge is 0.237 e. The van der Waals surface area contributed by atoms with Gasteiger partial charge in [-0.15, -0.1) is 0 Å². The molecule has 3 heterocycles. The van der Waals surface area contributed by atoms with Crippen LogP contribution in [0.4, 0.5) is 5.82 Å². The second-order valence-corrected chi connectivity index (χ2v) is 6.68. The zero-order valence-corrected chi connectivity index (χ0v) is 15.3. The van der Waals surface area contributed by atoms with Gasteiger partial charge in [0.15, 0.2) is 24.0 Å². The molecule has 2 aromatic rings. The lowest BCUT2D eigenvalue weighted by Gasteiger charge is -2.40. The molecule has 9 N–H and O–H groups in total. The van der Waals surface area contributed by atoms with E-state index in [2.05, 4.69) is 37.1 Å². The van der Waals surface area contributed by atoms with Crippen molar-refractivity contribution in [1.29, 1.82) is 0 Å². The molecule has 0 saturated carbocycles. The number of rotatable bonds is 7. The van der Waals surface area contributed by atoms with Gasteiger partial charge in [0.1, 0.15) is 29.8 Å². The zero-order valence-electron chi connectivity index (χ0n) is 15.3. The van der Waals surface area contributed by atoms with Gasteiger partial charge in [-0.05, 0) is 0 Å². The number of aliphatic hydroxyl groups is 4. The van der Waals surface area contributed by atoms with Gasteiger partial charge in [0.2, 0.25) is 5.91 Å². The summed E-state index contributed by atoms with van der Waals surface area (Å²) in [4.78, 5) is 27.1. The van der Waals surface area contributed by atoms with Crippen molar-refractivity contribution in [1.82, 2.24) is 25.3 Å². The number of carbonyl (C=O) groups is 1. The fourth-order valence-corrected chi connectivity index (χ4v) is 3.06. The summed E-state index contributed by atoms with van der Waals surface area (Å²) in [6.45, 7) is 3.45. The van der Waals surface area contributed by atoms with E-state index in [9.17, 15) is 15.0 Å². The zero-order chi connectivity index (χ0) is 21.1. The Morgan fingerprint density at radius 3 is 2.86 bits per heavy atom. The summed E-state index contributed by atoms with van der Waals surface area (Å²) in [5, 5.41) is 43.8. The Morgan fingerprint density at radius 2 is 2.17 bits per heavy atom. The van der Waals surface area contributed by atoms with Crippen LogP contribution in [0.1, 0.15) is 12.8 Å². The van der Waals surface area contributed by atoms with Crippen LogP contribution < -0.4 is 16.4 Å². The third kappa shape index (κ3) is 4.78. The van der Waals surface area contributed by atoms with Gasteiger partial charge in [0.25, 0.3) is 0 Å². The molecule has 2 aromatic heterocycles. The van der Waals surface area contributed by atoms with Gasteiger partial charge in [0, 0.05) is 12.8 Å². The molecular formula is C16H23N7O6. The van der Waals surface area contributed by atoms with Crippen molar-refractivity contribution < 1.29 is 30.0 Å². The molecule has 1 fully saturated rings. The maximum Gasteiger partial charge on any atom is 0.237 e. The molecule has 1 amide bonds. The predicted molar refractivity (Wildman–Crippen MR) is 99.1 cm³/mol. The van der Waals surface area contributed by atoms with E-state index >= 15 is 0 Å². The van der Waals surface area contributed by atoms with E-state index in [1.165, 1.54) is 12.7 Å². The highest BCUT2D eigenvalue weighted by atomic mass is 16.5. The van der Waals surface area contributed by atoms with Crippen LogP contribution in [0.2, 0.25) is 0 Å². The van der Waals surface area contributed by atoms with E-state index in [0.717, 1.165) is 0 Å². The number of imidazole rings is 1. The van der Waals surface area contributed by atoms with Crippen molar-refractivity contribution in [2.24, 2.45) is 5.73 Å². The Morgan fingerprint density at radius 1 is 1.41 bits per heavy atom. The van der Waals surface area contributed by atoms with Crippen LogP contribution >= 0.6 is 0 Å². The van der Waals surface area contributed by atoms with Crippen LogP contribution in [-0.4, -0.2) is 83.1 Å². The normalized spacial score (nSPS) is 25.7. The number of aliphatic hydroxyl groups excluding tert-OH is 3. The molecule has 1 aliphatic heterocycles. The Labute approximate surface area is 164 Å². The van der Waals surface area contributed by atoms with E-state index in [1.807, 2.05) is 0 Å². The Bertz CT molecular complexity index is 874. The summed E-state index contributed by atoms with van der Waals surface area (Å²) >= 11 is 0. The number of nitrogens with two attached hydrogens (primary N) is 1. The third-order valence-corrected chi connectivity index (χ3v) is 4.46. The van der Waals surface area contributed by atoms with Crippen LogP contribution in [0.25, 0.3) is 11.2 Å². The van der Waals surface area contributed by atoms with Crippen LogP contribution in [0.5, 0.6) is 0 Å². The van der Waals surface area contributed by atoms with Crippen molar-refractivity contribution in [2.75, 3.05) is 5.32 Å². The quantitative estimate of drug-likeness (QED) is 0.182. The second-order valence-electron chi connectivity index (χ2n) is 6.68. The molecule has 0 aromatic carbocycles. The minimum Gasteiger partial charge on any atom is -0.510 e. The maximum atomic E-state index is 12.2. The minimum atomic E-state index is -1.74. The molecule has 0 bridgehead atoms. The monoisotopic (exact) mass is 409 g/mol. The molecule has 3 rings (SSSR count). The number of H-pyrrole nitrogens is 1. The Balaban J connectivity index is 1.71. The first-order valence-corrected chi connectivity index (χ1v) is 8.80. The Hall–Kier alpha value is -2.84. The fraction of sp³-hybridized carbons (Fsp3) is 0.500. The second kappa shape index (κ2) is 8.67. The van der Waals surface area contributed by atoms with E-state index in [0.29, 0.717) is 17.0 Å². The number of amides is 1. The number of aromatic nitrogens is 4. The molecule has 5 atom stereocenters. The average Bonchev–Trinajstić information content (AvgIpc) is 3.12. The SMILES string of the molecule is C=C(O)[C@@H]1O[C@H](Nc2ncnc3nc[nH]c23)[C@@H](O)C[C@H]1NC(=O)[C@H](N)CC(O)O. The van der Waals surface area contributed by atoms with Crippen LogP contribution in [0.3, 0.4) is 0 Å². The lowest BCUT2D eigenvalue weighted by molar-refractivity contribution is -0.136. The van der Waals surface area contributed by atoms with E-state index < -0.39 is 42.7 Å². The van der Waals surface area contributed by atoms with Crippen LogP contribution in [0.15, 0.2) is 25.0 Å². The largest absolute Gasteiger partial charge is 0.510 e. The summed E-state index contributed by atoms with van der Waals surface area (Å²) in [5.41, 5.74) is 6.53. The lowest BCUT2D eigenvalue weighted by Crippen LogP contribution is -2.59. The average molecular weight is 409 g/mol. The molecule has 0 aliphatic carbocycles. The molecule has 1 aliphatic rings. The summed E-state index contributed by atoms with van der Waals surface area (Å²) in [5.74, 6) is -0.717. The van der Waals surface area contributed by atoms with Gasteiger partial charge in [-0.3, -0.25) is 4.79 Å². The highest BCUT2D eigenvalue weighted by Gasteiger charge is 2.40. The number of fused-ring (bicyclic) bond motifs is 1. The number of hydrogen-bond acceptors (Lipinski definition) is 11. The van der Waals surface area contributed by atoms with Crippen LogP contribution in [-0.2, 0) is 9.53 Å². The number of nitrogens with one attached hydrogen (secondary N) is 3. The van der Waals surface area contributed by atoms with Gasteiger partial charge >= 0.3 is 0 Å². The van der Waals surface area contributed by atoms with Gasteiger partial charge in [0.05, 0.1) is 18.4 Å². The van der Waals surface area contributed by atoms with Crippen molar-refractivity contribution in [3.8, 4) is 0 Å². The predicted octanol–water partition coefficient (Wildman–Crippen LogP) is -2.17. The van der Waals surface area contributed by atoms with E-state index in [1.54, 1.807) is 0 Å². The molecule has 1 saturated heterocycles. The van der Waals surface area contributed by atoms with Gasteiger partial charge in [-0.25, -0.2) is 15.0 Å². The first-order valence-electron chi connectivity index (χ1n) is 8.80. The van der Waals surface area contributed by atoms with Crippen molar-refractivity contribution in [3.63, 3.8) is 0 Å². The van der Waals surface area contributed by atoms with Crippen LogP contribution in [0, 0.1) is 0 Å². The summed E-state index contributed by atoms with van der Waals surface area (Å²) < 4.78 is 5.70. The first-order chi connectivity index (χ1) is 13.8. The molecule has 0 unspecified atom stereocenters. The van der Waals surface area contributed by atoms with Gasteiger partial charge < -0.3 is 46.5 Å². The number of nitrogens with zero attached hydrogens (tertiary/aromatic N) is 3. The fourth-order valence-electron chi connectivity index (χ4n) is 3.06. The summed E-state index contributed by atoms with van der Waals surface area (Å²) in [7, 11) is 0. The van der Waals surface area contributed by atoms with Gasteiger partial charge in [-0.1, -0.05) is 6.58 Å². The Kier molecular flexibility index (Phi) is 6.24. The molecule has 158 valence electrons. The topological polar surface area (TPSA) is 212 Å². The van der Waals surface area contributed by atoms with Crippen molar-refractivity contribution in [3.05, 3.63) is 25.0 Å². The maximum absolute atomic E-state index is 12.2. The highest BCUT2D eigenvalue weighted by molar-refractivity contribution is 5.82. The number of ether oxygens (including phenoxy) is 1. The number of anilines is 1. The molecule has 13 nitrogen and oxygen atoms in total. The number of carbonyl (C=O) groups excluding carboxylic acids is 1. The van der Waals surface area contributed by atoms with Crippen molar-refractivity contribution >= 4 is 22.9 Å². The lowest BCUT2D eigenvalue weighted by atomic mass is 9.97. The number of aromatic amines is 1.